The minimum Gasteiger partial charge on any atom is -0.496 e. The second-order valence-corrected chi connectivity index (χ2v) is 5.34. The van der Waals surface area contributed by atoms with Gasteiger partial charge in [-0.1, -0.05) is 18.2 Å². The lowest BCUT2D eigenvalue weighted by atomic mass is 10.1. The van der Waals surface area contributed by atoms with Gasteiger partial charge in [0.1, 0.15) is 17.2 Å². The summed E-state index contributed by atoms with van der Waals surface area (Å²) in [7, 11) is 3.25. The van der Waals surface area contributed by atoms with E-state index in [1.54, 1.807) is 50.7 Å². The summed E-state index contributed by atoms with van der Waals surface area (Å²) in [4.78, 5) is 12.6. The molecular weight excluding hydrogens is 304 g/mol. The summed E-state index contributed by atoms with van der Waals surface area (Å²) in [5.74, 6) is 1.72. The van der Waals surface area contributed by atoms with E-state index in [-0.39, 0.29) is 5.56 Å². The van der Waals surface area contributed by atoms with Gasteiger partial charge in [0.25, 0.3) is 5.56 Å². The molecule has 0 saturated heterocycles. The Morgan fingerprint density at radius 3 is 2.38 bits per heavy atom. The predicted octanol–water partition coefficient (Wildman–Crippen LogP) is 3.44. The van der Waals surface area contributed by atoms with Gasteiger partial charge in [0.15, 0.2) is 0 Å². The SMILES string of the molecule is COc1ccn(C)c(=O)c1-c1ccccc1Oc1ccc(N)cc1. The molecule has 5 heteroatoms. The number of aromatic nitrogens is 1. The molecule has 0 amide bonds. The molecule has 0 atom stereocenters. The highest BCUT2D eigenvalue weighted by atomic mass is 16.5. The van der Waals surface area contributed by atoms with Crippen molar-refractivity contribution in [2.45, 2.75) is 0 Å². The van der Waals surface area contributed by atoms with Gasteiger partial charge in [0.05, 0.1) is 12.7 Å². The molecule has 24 heavy (non-hydrogen) atoms. The largest absolute Gasteiger partial charge is 0.496 e. The van der Waals surface area contributed by atoms with Crippen LogP contribution in [-0.4, -0.2) is 11.7 Å². The molecular formula is C19H18N2O3. The van der Waals surface area contributed by atoms with Crippen LogP contribution in [0.25, 0.3) is 11.1 Å². The molecule has 0 aliphatic rings. The first-order valence-electron chi connectivity index (χ1n) is 7.46. The second kappa shape index (κ2) is 6.50. The molecule has 5 nitrogen and oxygen atoms in total. The summed E-state index contributed by atoms with van der Waals surface area (Å²) in [6.45, 7) is 0. The number of hydrogen-bond acceptors (Lipinski definition) is 4. The first-order chi connectivity index (χ1) is 11.6. The Bertz CT molecular complexity index is 915. The van der Waals surface area contributed by atoms with Gasteiger partial charge in [-0.25, -0.2) is 0 Å². The molecule has 0 spiro atoms. The van der Waals surface area contributed by atoms with Crippen molar-refractivity contribution in [2.75, 3.05) is 12.8 Å². The number of hydrogen-bond donors (Lipinski definition) is 1. The summed E-state index contributed by atoms with van der Waals surface area (Å²) >= 11 is 0. The summed E-state index contributed by atoms with van der Waals surface area (Å²) in [5, 5.41) is 0. The van der Waals surface area contributed by atoms with E-state index in [2.05, 4.69) is 0 Å². The van der Waals surface area contributed by atoms with E-state index in [0.29, 0.717) is 34.1 Å². The molecule has 2 aromatic carbocycles. The monoisotopic (exact) mass is 322 g/mol. The van der Waals surface area contributed by atoms with Crippen LogP contribution in [-0.2, 0) is 7.05 Å². The van der Waals surface area contributed by atoms with Gasteiger partial charge in [-0.05, 0) is 36.4 Å². The molecule has 0 aliphatic heterocycles. The standard InChI is InChI=1S/C19H18N2O3/c1-21-12-11-17(23-2)18(19(21)22)15-5-3-4-6-16(15)24-14-9-7-13(20)8-10-14/h3-12H,20H2,1-2H3. The van der Waals surface area contributed by atoms with Crippen molar-refractivity contribution in [3.63, 3.8) is 0 Å². The summed E-state index contributed by atoms with van der Waals surface area (Å²) in [6, 6.07) is 16.2. The third-order valence-electron chi connectivity index (χ3n) is 3.71. The quantitative estimate of drug-likeness (QED) is 0.747. The zero-order valence-electron chi connectivity index (χ0n) is 13.5. The minimum atomic E-state index is -0.150. The zero-order chi connectivity index (χ0) is 17.1. The molecule has 1 heterocycles. The van der Waals surface area contributed by atoms with Crippen LogP contribution in [0.1, 0.15) is 0 Å². The normalized spacial score (nSPS) is 10.4. The Labute approximate surface area is 139 Å². The van der Waals surface area contributed by atoms with Gasteiger partial charge in [-0.3, -0.25) is 4.79 Å². The van der Waals surface area contributed by atoms with Crippen LogP contribution in [0.3, 0.4) is 0 Å². The zero-order valence-corrected chi connectivity index (χ0v) is 13.5. The van der Waals surface area contributed by atoms with Crippen molar-refractivity contribution in [1.82, 2.24) is 4.57 Å². The van der Waals surface area contributed by atoms with Gasteiger partial charge in [0.2, 0.25) is 0 Å². The van der Waals surface area contributed by atoms with Gasteiger partial charge in [0, 0.05) is 24.5 Å². The Hall–Kier alpha value is -3.21. The number of ether oxygens (including phenoxy) is 2. The van der Waals surface area contributed by atoms with Gasteiger partial charge in [-0.2, -0.15) is 0 Å². The third-order valence-corrected chi connectivity index (χ3v) is 3.71. The maximum atomic E-state index is 12.6. The first-order valence-corrected chi connectivity index (χ1v) is 7.46. The van der Waals surface area contributed by atoms with Crippen molar-refractivity contribution in [3.05, 3.63) is 71.1 Å². The lowest BCUT2D eigenvalue weighted by molar-refractivity contribution is 0.414. The van der Waals surface area contributed by atoms with E-state index >= 15 is 0 Å². The van der Waals surface area contributed by atoms with Crippen molar-refractivity contribution >= 4 is 5.69 Å². The van der Waals surface area contributed by atoms with Crippen LogP contribution >= 0.6 is 0 Å². The molecule has 0 aliphatic carbocycles. The van der Waals surface area contributed by atoms with E-state index in [4.69, 9.17) is 15.2 Å². The third kappa shape index (κ3) is 2.96. The molecule has 0 radical (unpaired) electrons. The smallest absolute Gasteiger partial charge is 0.262 e. The predicted molar refractivity (Wildman–Crippen MR) is 94.6 cm³/mol. The fourth-order valence-electron chi connectivity index (χ4n) is 2.46. The number of benzene rings is 2. The molecule has 122 valence electrons. The second-order valence-electron chi connectivity index (χ2n) is 5.34. The van der Waals surface area contributed by atoms with Gasteiger partial charge >= 0.3 is 0 Å². The number of aryl methyl sites for hydroxylation is 1. The van der Waals surface area contributed by atoms with E-state index < -0.39 is 0 Å². The molecule has 1 aromatic heterocycles. The number of nitrogens with two attached hydrogens (primary N) is 1. The van der Waals surface area contributed by atoms with Crippen molar-refractivity contribution < 1.29 is 9.47 Å². The molecule has 0 unspecified atom stereocenters. The van der Waals surface area contributed by atoms with E-state index in [1.807, 2.05) is 24.3 Å². The highest BCUT2D eigenvalue weighted by Gasteiger charge is 2.16. The fourth-order valence-corrected chi connectivity index (χ4v) is 2.46. The van der Waals surface area contributed by atoms with Crippen LogP contribution in [0.15, 0.2) is 65.6 Å². The number of anilines is 1. The molecule has 0 fully saturated rings. The highest BCUT2D eigenvalue weighted by Crippen LogP contribution is 2.36. The average molecular weight is 322 g/mol. The van der Waals surface area contributed by atoms with Gasteiger partial charge < -0.3 is 19.8 Å². The lowest BCUT2D eigenvalue weighted by Gasteiger charge is -2.14. The summed E-state index contributed by atoms with van der Waals surface area (Å²) in [6.07, 6.45) is 1.67. The van der Waals surface area contributed by atoms with Crippen LogP contribution < -0.4 is 20.8 Å². The minimum absolute atomic E-state index is 0.150. The number of methoxy groups -OCH3 is 1. The maximum absolute atomic E-state index is 12.6. The van der Waals surface area contributed by atoms with E-state index in [1.165, 1.54) is 4.57 Å². The maximum Gasteiger partial charge on any atom is 0.262 e. The Morgan fingerprint density at radius 1 is 0.958 bits per heavy atom. The fraction of sp³-hybridized carbons (Fsp3) is 0.105. The number of para-hydroxylation sites is 1. The molecule has 3 aromatic rings. The summed E-state index contributed by atoms with van der Waals surface area (Å²) in [5.41, 5.74) is 7.35. The number of pyridine rings is 1. The summed E-state index contributed by atoms with van der Waals surface area (Å²) < 4.78 is 12.8. The Balaban J connectivity index is 2.12. The molecule has 0 saturated carbocycles. The Morgan fingerprint density at radius 2 is 1.67 bits per heavy atom. The average Bonchev–Trinajstić information content (AvgIpc) is 2.60. The van der Waals surface area contributed by atoms with Crippen LogP contribution in [0.2, 0.25) is 0 Å². The van der Waals surface area contributed by atoms with Crippen LogP contribution in [0.5, 0.6) is 17.2 Å². The van der Waals surface area contributed by atoms with Crippen LogP contribution in [0, 0.1) is 0 Å². The number of rotatable bonds is 4. The topological polar surface area (TPSA) is 66.5 Å². The van der Waals surface area contributed by atoms with Crippen molar-refractivity contribution in [1.29, 1.82) is 0 Å². The number of nitrogen functional groups attached to an aromatic ring is 1. The Kier molecular flexibility index (Phi) is 4.24. The van der Waals surface area contributed by atoms with Crippen molar-refractivity contribution in [3.8, 4) is 28.4 Å². The number of nitrogens with zero attached hydrogens (tertiary/aromatic N) is 1. The molecule has 0 bridgehead atoms. The first kappa shape index (κ1) is 15.7. The van der Waals surface area contributed by atoms with E-state index in [9.17, 15) is 4.79 Å². The molecule has 2 N–H and O–H groups in total. The highest BCUT2D eigenvalue weighted by molar-refractivity contribution is 5.75. The van der Waals surface area contributed by atoms with Crippen molar-refractivity contribution in [2.24, 2.45) is 7.05 Å². The lowest BCUT2D eigenvalue weighted by Crippen LogP contribution is -2.18. The van der Waals surface area contributed by atoms with Gasteiger partial charge in [-0.15, -0.1) is 0 Å². The van der Waals surface area contributed by atoms with E-state index in [0.717, 1.165) is 0 Å². The van der Waals surface area contributed by atoms with Crippen LogP contribution in [0.4, 0.5) is 5.69 Å². The molecule has 3 rings (SSSR count).